The fourth-order valence-corrected chi connectivity index (χ4v) is 3.94. The Bertz CT molecular complexity index is 840. The topological polar surface area (TPSA) is 54.7 Å². The molecule has 0 bridgehead atoms. The molecule has 142 valence electrons. The maximum atomic E-state index is 12.4. The number of hydrogen-bond acceptors (Lipinski definition) is 3. The predicted octanol–water partition coefficient (Wildman–Crippen LogP) is 4.28. The minimum absolute atomic E-state index is 0.00877. The number of aliphatic hydroxyl groups excluding tert-OH is 1. The van der Waals surface area contributed by atoms with Gasteiger partial charge in [0.05, 0.1) is 22.2 Å². The number of rotatable bonds is 2. The minimum atomic E-state index is -0.515. The Labute approximate surface area is 163 Å². The van der Waals surface area contributed by atoms with Gasteiger partial charge in [-0.3, -0.25) is 0 Å². The van der Waals surface area contributed by atoms with Gasteiger partial charge >= 0.3 is 6.09 Å². The first-order valence-corrected chi connectivity index (χ1v) is 9.55. The van der Waals surface area contributed by atoms with Crippen LogP contribution in [0.5, 0.6) is 0 Å². The van der Waals surface area contributed by atoms with E-state index in [-0.39, 0.29) is 12.7 Å². The van der Waals surface area contributed by atoms with Gasteiger partial charge in [0.1, 0.15) is 5.60 Å². The summed E-state index contributed by atoms with van der Waals surface area (Å²) in [6, 6.07) is 3.77. The number of carbonyl (C=O) groups is 1. The number of hydrogen-bond donors (Lipinski definition) is 1. The quantitative estimate of drug-likeness (QED) is 0.821. The fourth-order valence-electron chi connectivity index (χ4n) is 3.52. The van der Waals surface area contributed by atoms with Crippen LogP contribution in [0.3, 0.4) is 0 Å². The lowest BCUT2D eigenvalue weighted by Crippen LogP contribution is -2.38. The normalized spacial score (nSPS) is 15.1. The van der Waals surface area contributed by atoms with Crippen LogP contribution in [0.4, 0.5) is 4.79 Å². The third kappa shape index (κ3) is 3.66. The Kier molecular flexibility index (Phi) is 5.42. The van der Waals surface area contributed by atoms with Crippen molar-refractivity contribution in [1.29, 1.82) is 0 Å². The van der Waals surface area contributed by atoms with Crippen LogP contribution in [0.1, 0.15) is 32.0 Å². The molecule has 0 fully saturated rings. The number of halogens is 2. The first-order valence-electron chi connectivity index (χ1n) is 8.79. The highest BCUT2D eigenvalue weighted by Crippen LogP contribution is 2.37. The van der Waals surface area contributed by atoms with E-state index in [4.69, 9.17) is 27.9 Å². The van der Waals surface area contributed by atoms with E-state index in [2.05, 4.69) is 0 Å². The summed E-state index contributed by atoms with van der Waals surface area (Å²) >= 11 is 12.7. The van der Waals surface area contributed by atoms with Gasteiger partial charge in [-0.2, -0.15) is 0 Å². The van der Waals surface area contributed by atoms with Crippen LogP contribution in [0.15, 0.2) is 12.1 Å². The summed E-state index contributed by atoms with van der Waals surface area (Å²) in [5, 5.41) is 11.6. The Hall–Kier alpha value is -1.43. The number of nitrogens with zero attached hydrogens (tertiary/aromatic N) is 2. The standard InChI is InChI=1S/C19H24Cl2N2O3/c1-19(2,3)26-18(25)22-8-6-12-13-4-5-14(20)16(21)17(13)23(10-11-24)15(12)7-9-22/h4-5,24H,6-11H2,1-3H3. The number of carbonyl (C=O) groups excluding carboxylic acids is 1. The SMILES string of the molecule is CC(C)(C)OC(=O)N1CCc2c(n(CCO)c3c(Cl)c(Cl)ccc23)CC1. The third-order valence-corrected chi connectivity index (χ3v) is 5.36. The van der Waals surface area contributed by atoms with Crippen LogP contribution in [-0.4, -0.2) is 46.0 Å². The second-order valence-corrected chi connectivity index (χ2v) is 8.31. The van der Waals surface area contributed by atoms with E-state index >= 15 is 0 Å². The van der Waals surface area contributed by atoms with Crippen molar-refractivity contribution < 1.29 is 14.6 Å². The van der Waals surface area contributed by atoms with E-state index in [1.807, 2.05) is 31.4 Å². The molecule has 1 amide bonds. The Balaban J connectivity index is 1.97. The van der Waals surface area contributed by atoms with E-state index < -0.39 is 5.60 Å². The highest BCUT2D eigenvalue weighted by atomic mass is 35.5. The van der Waals surface area contributed by atoms with Crippen LogP contribution in [-0.2, 0) is 24.1 Å². The molecule has 1 N–H and O–H groups in total. The first-order chi connectivity index (χ1) is 12.2. The summed E-state index contributed by atoms with van der Waals surface area (Å²) in [5.41, 5.74) is 2.62. The molecule has 0 atom stereocenters. The van der Waals surface area contributed by atoms with Crippen molar-refractivity contribution in [3.63, 3.8) is 0 Å². The van der Waals surface area contributed by atoms with E-state index in [1.54, 1.807) is 11.0 Å². The average molecular weight is 399 g/mol. The van der Waals surface area contributed by atoms with Gasteiger partial charge < -0.3 is 19.3 Å². The van der Waals surface area contributed by atoms with Gasteiger partial charge in [-0.25, -0.2) is 4.79 Å². The Morgan fingerprint density at radius 1 is 1.23 bits per heavy atom. The van der Waals surface area contributed by atoms with E-state index in [0.29, 0.717) is 42.5 Å². The largest absolute Gasteiger partial charge is 0.444 e. The number of ether oxygens (including phenoxy) is 1. The molecule has 1 aromatic heterocycles. The Morgan fingerprint density at radius 3 is 2.58 bits per heavy atom. The number of amides is 1. The zero-order valence-electron chi connectivity index (χ0n) is 15.3. The van der Waals surface area contributed by atoms with Crippen molar-refractivity contribution >= 4 is 40.2 Å². The molecule has 0 saturated heterocycles. The average Bonchev–Trinajstić information content (AvgIpc) is 2.70. The molecule has 1 aliphatic heterocycles. The van der Waals surface area contributed by atoms with Crippen molar-refractivity contribution in [3.05, 3.63) is 33.4 Å². The van der Waals surface area contributed by atoms with E-state index in [0.717, 1.165) is 22.2 Å². The van der Waals surface area contributed by atoms with Crippen LogP contribution >= 0.6 is 23.2 Å². The number of aliphatic hydroxyl groups is 1. The van der Waals surface area contributed by atoms with Gasteiger partial charge in [-0.15, -0.1) is 0 Å². The van der Waals surface area contributed by atoms with Crippen LogP contribution in [0.2, 0.25) is 10.0 Å². The molecule has 5 nitrogen and oxygen atoms in total. The lowest BCUT2D eigenvalue weighted by Gasteiger charge is -2.26. The van der Waals surface area contributed by atoms with Gasteiger partial charge in [0, 0.05) is 37.1 Å². The molecule has 2 aromatic rings. The third-order valence-electron chi connectivity index (χ3n) is 4.56. The zero-order chi connectivity index (χ0) is 19.1. The monoisotopic (exact) mass is 398 g/mol. The molecule has 0 saturated carbocycles. The van der Waals surface area contributed by atoms with Crippen molar-refractivity contribution in [2.75, 3.05) is 19.7 Å². The molecular weight excluding hydrogens is 375 g/mol. The first kappa shape index (κ1) is 19.3. The summed E-state index contributed by atoms with van der Waals surface area (Å²) in [6.07, 6.45) is 1.10. The molecular formula is C19H24Cl2N2O3. The lowest BCUT2D eigenvalue weighted by molar-refractivity contribution is 0.0258. The van der Waals surface area contributed by atoms with Crippen molar-refractivity contribution in [2.24, 2.45) is 0 Å². The van der Waals surface area contributed by atoms with Gasteiger partial charge in [0.2, 0.25) is 0 Å². The smallest absolute Gasteiger partial charge is 0.410 e. The molecule has 3 rings (SSSR count). The second kappa shape index (κ2) is 7.29. The highest BCUT2D eigenvalue weighted by Gasteiger charge is 2.28. The summed E-state index contributed by atoms with van der Waals surface area (Å²) in [6.45, 7) is 7.20. The molecule has 1 aliphatic rings. The minimum Gasteiger partial charge on any atom is -0.444 e. The van der Waals surface area contributed by atoms with Gasteiger partial charge in [0.25, 0.3) is 0 Å². The lowest BCUT2D eigenvalue weighted by atomic mass is 10.1. The molecule has 26 heavy (non-hydrogen) atoms. The predicted molar refractivity (Wildman–Crippen MR) is 104 cm³/mol. The van der Waals surface area contributed by atoms with Crippen LogP contribution in [0, 0.1) is 0 Å². The Morgan fingerprint density at radius 2 is 1.92 bits per heavy atom. The van der Waals surface area contributed by atoms with Crippen LogP contribution in [0.25, 0.3) is 10.9 Å². The summed E-state index contributed by atoms with van der Waals surface area (Å²) in [7, 11) is 0. The molecule has 0 aliphatic carbocycles. The molecule has 2 heterocycles. The van der Waals surface area contributed by atoms with Crippen LogP contribution < -0.4 is 0 Å². The van der Waals surface area contributed by atoms with Crippen molar-refractivity contribution in [2.45, 2.75) is 45.8 Å². The molecule has 0 unspecified atom stereocenters. The summed E-state index contributed by atoms with van der Waals surface area (Å²) in [4.78, 5) is 14.2. The second-order valence-electron chi connectivity index (χ2n) is 7.53. The van der Waals surface area contributed by atoms with Gasteiger partial charge in [-0.05, 0) is 38.8 Å². The number of aromatic nitrogens is 1. The molecule has 0 spiro atoms. The summed E-state index contributed by atoms with van der Waals surface area (Å²) in [5.74, 6) is 0. The van der Waals surface area contributed by atoms with Crippen molar-refractivity contribution in [3.8, 4) is 0 Å². The van der Waals surface area contributed by atoms with Gasteiger partial charge in [-0.1, -0.05) is 29.3 Å². The number of benzene rings is 1. The highest BCUT2D eigenvalue weighted by molar-refractivity contribution is 6.45. The van der Waals surface area contributed by atoms with Crippen molar-refractivity contribution in [1.82, 2.24) is 9.47 Å². The summed E-state index contributed by atoms with van der Waals surface area (Å²) < 4.78 is 7.55. The van der Waals surface area contributed by atoms with Gasteiger partial charge in [0.15, 0.2) is 0 Å². The fraction of sp³-hybridized carbons (Fsp3) is 0.526. The maximum Gasteiger partial charge on any atom is 0.410 e. The van der Waals surface area contributed by atoms with E-state index in [9.17, 15) is 9.90 Å². The molecule has 0 radical (unpaired) electrons. The maximum absolute atomic E-state index is 12.4. The number of fused-ring (bicyclic) bond motifs is 3. The molecule has 7 heteroatoms. The molecule has 1 aromatic carbocycles. The van der Waals surface area contributed by atoms with E-state index in [1.165, 1.54) is 0 Å². The zero-order valence-corrected chi connectivity index (χ0v) is 16.8.